The number of ether oxygens (including phenoxy) is 1. The van der Waals surface area contributed by atoms with E-state index in [1.807, 2.05) is 44.2 Å². The predicted molar refractivity (Wildman–Crippen MR) is 148 cm³/mol. The van der Waals surface area contributed by atoms with Crippen LogP contribution < -0.4 is 9.64 Å². The molecule has 0 bridgehead atoms. The third-order valence-corrected chi connectivity index (χ3v) is 6.75. The second-order valence-electron chi connectivity index (χ2n) is 10.5. The van der Waals surface area contributed by atoms with E-state index in [0.29, 0.717) is 34.7 Å². The van der Waals surface area contributed by atoms with Crippen molar-refractivity contribution in [2.24, 2.45) is 0 Å². The van der Waals surface area contributed by atoms with Gasteiger partial charge in [0.05, 0.1) is 29.9 Å². The van der Waals surface area contributed by atoms with Crippen molar-refractivity contribution >= 4 is 23.1 Å². The van der Waals surface area contributed by atoms with Gasteiger partial charge >= 0.3 is 0 Å². The van der Waals surface area contributed by atoms with Crippen molar-refractivity contribution in [2.75, 3.05) is 11.5 Å². The molecule has 6 nitrogen and oxygen atoms in total. The van der Waals surface area contributed by atoms with Gasteiger partial charge in [-0.25, -0.2) is 0 Å². The molecule has 1 atom stereocenters. The Morgan fingerprint density at radius 2 is 1.68 bits per heavy atom. The molecule has 1 aliphatic heterocycles. The van der Waals surface area contributed by atoms with Gasteiger partial charge in [-0.3, -0.25) is 14.5 Å². The first-order chi connectivity index (χ1) is 18.1. The Hall–Kier alpha value is -4.37. The first-order valence-electron chi connectivity index (χ1n) is 12.7. The molecule has 194 valence electrons. The van der Waals surface area contributed by atoms with Gasteiger partial charge in [0.2, 0.25) is 0 Å². The number of rotatable bonds is 6. The lowest BCUT2D eigenvalue weighted by Gasteiger charge is -2.26. The van der Waals surface area contributed by atoms with Crippen LogP contribution in [0.2, 0.25) is 0 Å². The predicted octanol–water partition coefficient (Wildman–Crippen LogP) is 6.58. The lowest BCUT2D eigenvalue weighted by atomic mass is 9.84. The Balaban J connectivity index is 1.92. The van der Waals surface area contributed by atoms with E-state index in [1.54, 1.807) is 36.4 Å². The highest BCUT2D eigenvalue weighted by Crippen LogP contribution is 2.43. The Bertz CT molecular complexity index is 1440. The Labute approximate surface area is 223 Å². The van der Waals surface area contributed by atoms with Crippen LogP contribution in [0.4, 0.5) is 5.69 Å². The molecule has 3 aromatic carbocycles. The number of nitriles is 1. The summed E-state index contributed by atoms with van der Waals surface area (Å²) in [6.07, 6.45) is 0.869. The molecule has 0 radical (unpaired) electrons. The first-order valence-corrected chi connectivity index (χ1v) is 12.7. The van der Waals surface area contributed by atoms with Gasteiger partial charge in [0.1, 0.15) is 11.5 Å². The van der Waals surface area contributed by atoms with Crippen molar-refractivity contribution in [1.82, 2.24) is 0 Å². The Kier molecular flexibility index (Phi) is 7.41. The third kappa shape index (κ3) is 5.05. The molecule has 1 saturated heterocycles. The SMILES string of the molecule is CCCOc1ccc(C2/C(=C(\O)c3cc(C(C)(C)C)ccc3C)C(=O)C(=O)N2c2ccc(C#N)cc2)cc1. The quantitative estimate of drug-likeness (QED) is 0.231. The van der Waals surface area contributed by atoms with Gasteiger partial charge < -0.3 is 9.84 Å². The minimum atomic E-state index is -0.860. The first kappa shape index (κ1) is 26.7. The summed E-state index contributed by atoms with van der Waals surface area (Å²) >= 11 is 0. The number of anilines is 1. The average molecular weight is 509 g/mol. The molecule has 0 spiro atoms. The molecule has 1 aliphatic rings. The molecular weight excluding hydrogens is 476 g/mol. The van der Waals surface area contributed by atoms with E-state index in [1.165, 1.54) is 4.90 Å². The molecule has 1 fully saturated rings. The second-order valence-corrected chi connectivity index (χ2v) is 10.5. The molecule has 4 rings (SSSR count). The Morgan fingerprint density at radius 1 is 1.03 bits per heavy atom. The van der Waals surface area contributed by atoms with Crippen molar-refractivity contribution in [3.8, 4) is 11.8 Å². The van der Waals surface area contributed by atoms with E-state index >= 15 is 0 Å². The monoisotopic (exact) mass is 508 g/mol. The van der Waals surface area contributed by atoms with Gasteiger partial charge in [-0.05, 0) is 77.9 Å². The number of ketones is 1. The molecule has 0 saturated carbocycles. The molecule has 1 unspecified atom stereocenters. The summed E-state index contributed by atoms with van der Waals surface area (Å²) in [6, 6.07) is 20.7. The van der Waals surface area contributed by atoms with Crippen LogP contribution in [0.1, 0.15) is 68.0 Å². The zero-order valence-corrected chi connectivity index (χ0v) is 22.4. The maximum Gasteiger partial charge on any atom is 0.300 e. The van der Waals surface area contributed by atoms with Gasteiger partial charge in [-0.1, -0.05) is 52.0 Å². The van der Waals surface area contributed by atoms with Gasteiger partial charge in [0.15, 0.2) is 0 Å². The van der Waals surface area contributed by atoms with E-state index in [4.69, 9.17) is 4.74 Å². The topological polar surface area (TPSA) is 90.6 Å². The van der Waals surface area contributed by atoms with Gasteiger partial charge in [-0.15, -0.1) is 0 Å². The normalized spacial score (nSPS) is 16.9. The molecule has 6 heteroatoms. The Morgan fingerprint density at radius 3 is 2.26 bits per heavy atom. The maximum atomic E-state index is 13.5. The van der Waals surface area contributed by atoms with Crippen LogP contribution in [0.3, 0.4) is 0 Å². The largest absolute Gasteiger partial charge is 0.507 e. The summed E-state index contributed by atoms with van der Waals surface area (Å²) in [7, 11) is 0. The minimum absolute atomic E-state index is 0.0238. The van der Waals surface area contributed by atoms with Gasteiger partial charge in [-0.2, -0.15) is 5.26 Å². The lowest BCUT2D eigenvalue weighted by molar-refractivity contribution is -0.132. The number of aliphatic hydroxyl groups excluding tert-OH is 1. The highest BCUT2D eigenvalue weighted by molar-refractivity contribution is 6.51. The van der Waals surface area contributed by atoms with Crippen LogP contribution in [0, 0.1) is 18.3 Å². The van der Waals surface area contributed by atoms with Crippen molar-refractivity contribution in [3.05, 3.63) is 100 Å². The summed E-state index contributed by atoms with van der Waals surface area (Å²) < 4.78 is 5.72. The molecule has 0 aliphatic carbocycles. The lowest BCUT2D eigenvalue weighted by Crippen LogP contribution is -2.29. The van der Waals surface area contributed by atoms with Crippen molar-refractivity contribution in [2.45, 2.75) is 52.5 Å². The van der Waals surface area contributed by atoms with Crippen LogP contribution in [0.15, 0.2) is 72.3 Å². The van der Waals surface area contributed by atoms with E-state index in [9.17, 15) is 20.0 Å². The summed E-state index contributed by atoms with van der Waals surface area (Å²) in [5.41, 5.74) is 3.71. The fourth-order valence-electron chi connectivity index (χ4n) is 4.57. The highest BCUT2D eigenvalue weighted by Gasteiger charge is 2.47. The van der Waals surface area contributed by atoms with Gasteiger partial charge in [0, 0.05) is 11.3 Å². The van der Waals surface area contributed by atoms with E-state index in [-0.39, 0.29) is 16.7 Å². The molecule has 3 aromatic rings. The zero-order valence-electron chi connectivity index (χ0n) is 22.4. The number of Topliss-reactive ketones (excluding diaryl/α,β-unsaturated/α-hetero) is 1. The minimum Gasteiger partial charge on any atom is -0.507 e. The number of aryl methyl sites for hydroxylation is 1. The van der Waals surface area contributed by atoms with Crippen LogP contribution in [-0.2, 0) is 15.0 Å². The summed E-state index contributed by atoms with van der Waals surface area (Å²) in [5, 5.41) is 20.9. The molecular formula is C32H32N2O4. The molecule has 1 N–H and O–H groups in total. The number of benzene rings is 3. The smallest absolute Gasteiger partial charge is 0.300 e. The van der Waals surface area contributed by atoms with Crippen LogP contribution >= 0.6 is 0 Å². The third-order valence-electron chi connectivity index (χ3n) is 6.75. The molecule has 38 heavy (non-hydrogen) atoms. The molecule has 0 aromatic heterocycles. The number of hydrogen-bond donors (Lipinski definition) is 1. The van der Waals surface area contributed by atoms with Crippen molar-refractivity contribution in [3.63, 3.8) is 0 Å². The summed E-state index contributed by atoms with van der Waals surface area (Å²) in [6.45, 7) is 10.7. The summed E-state index contributed by atoms with van der Waals surface area (Å²) in [5.74, 6) is -1.03. The highest BCUT2D eigenvalue weighted by atomic mass is 16.5. The molecule has 1 heterocycles. The van der Waals surface area contributed by atoms with Crippen molar-refractivity contribution in [1.29, 1.82) is 5.26 Å². The van der Waals surface area contributed by atoms with Crippen molar-refractivity contribution < 1.29 is 19.4 Å². The number of carbonyl (C=O) groups is 2. The summed E-state index contributed by atoms with van der Waals surface area (Å²) in [4.78, 5) is 28.4. The average Bonchev–Trinajstić information content (AvgIpc) is 3.17. The van der Waals surface area contributed by atoms with E-state index < -0.39 is 17.7 Å². The number of carbonyl (C=O) groups excluding carboxylic acids is 2. The number of amides is 1. The van der Waals surface area contributed by atoms with Crippen LogP contribution in [0.25, 0.3) is 5.76 Å². The second kappa shape index (κ2) is 10.5. The van der Waals surface area contributed by atoms with Crippen LogP contribution in [0.5, 0.6) is 5.75 Å². The van der Waals surface area contributed by atoms with E-state index in [0.717, 1.165) is 17.5 Å². The van der Waals surface area contributed by atoms with Gasteiger partial charge in [0.25, 0.3) is 11.7 Å². The fourth-order valence-corrected chi connectivity index (χ4v) is 4.57. The fraction of sp³-hybridized carbons (Fsp3) is 0.281. The number of nitrogens with zero attached hydrogens (tertiary/aromatic N) is 2. The van der Waals surface area contributed by atoms with E-state index in [2.05, 4.69) is 26.8 Å². The van der Waals surface area contributed by atoms with Crippen LogP contribution in [-0.4, -0.2) is 23.4 Å². The number of aliphatic hydroxyl groups is 1. The molecule has 1 amide bonds. The standard InChI is InChI=1S/C32H32N2O4/c1-6-17-38-25-15-10-22(11-16-25)28-27(29(35)26-18-23(32(3,4)5)12-7-20(26)2)30(36)31(37)34(28)24-13-8-21(19-33)9-14-24/h7-16,18,28,35H,6,17H2,1-5H3/b29-27+. The maximum absolute atomic E-state index is 13.5. The number of hydrogen-bond acceptors (Lipinski definition) is 5. The zero-order chi connectivity index (χ0) is 27.6.